The van der Waals surface area contributed by atoms with Gasteiger partial charge in [-0.2, -0.15) is 0 Å². The molecule has 0 N–H and O–H groups in total. The first-order valence-electron chi connectivity index (χ1n) is 3.55. The van der Waals surface area contributed by atoms with Crippen LogP contribution in [-0.2, 0) is 4.79 Å². The van der Waals surface area contributed by atoms with Crippen LogP contribution in [0.4, 0.5) is 0 Å². The monoisotopic (exact) mass is 223 g/mol. The molecule has 0 unspecified atom stereocenters. The number of thiocarbonyl (C=S) groups is 1. The third kappa shape index (κ3) is 1.94. The van der Waals surface area contributed by atoms with Crippen LogP contribution in [0.1, 0.15) is 6.42 Å². The molecule has 0 saturated carbocycles. The maximum absolute atomic E-state index is 11.1. The van der Waals surface area contributed by atoms with Gasteiger partial charge < -0.3 is 5.11 Å². The molecular weight excluding hydrogens is 217 g/mol. The predicted octanol–water partition coefficient (Wildman–Crippen LogP) is -3.13. The summed E-state index contributed by atoms with van der Waals surface area (Å²) in [6, 6.07) is 0. The second-order valence-corrected chi connectivity index (χ2v) is 4.21. The van der Waals surface area contributed by atoms with E-state index in [4.69, 9.17) is 0 Å². The van der Waals surface area contributed by atoms with Crippen molar-refractivity contribution in [2.45, 2.75) is 11.8 Å². The van der Waals surface area contributed by atoms with Gasteiger partial charge in [0.05, 0.1) is 11.8 Å². The third-order valence-electron chi connectivity index (χ3n) is 1.94. The summed E-state index contributed by atoms with van der Waals surface area (Å²) >= 11 is 6.17. The van der Waals surface area contributed by atoms with E-state index in [2.05, 4.69) is 12.2 Å². The Balaban J connectivity index is 0.000000845. The average Bonchev–Trinajstić information content (AvgIpc) is 2.01. The molecule has 0 aliphatic carbocycles. The van der Waals surface area contributed by atoms with Crippen LogP contribution in [0.5, 0.6) is 0 Å². The molecule has 3 nitrogen and oxygen atoms in total. The summed E-state index contributed by atoms with van der Waals surface area (Å²) in [5, 5.41) is 10.6. The van der Waals surface area contributed by atoms with E-state index in [1.165, 1.54) is 4.90 Å². The smallest absolute Gasteiger partial charge is 0.863 e. The van der Waals surface area contributed by atoms with Crippen molar-refractivity contribution in [1.82, 2.24) is 4.90 Å². The average molecular weight is 223 g/mol. The Bertz CT molecular complexity index is 292. The number of fused-ring (bicyclic) bond motifs is 1. The molecule has 1 atom stereocenters. The SMILES string of the molecule is O=C1C[C@H]2SCC=C(C([O-])=S)N12.[Na+]. The van der Waals surface area contributed by atoms with E-state index in [0.717, 1.165) is 5.75 Å². The van der Waals surface area contributed by atoms with Crippen LogP contribution in [0.15, 0.2) is 11.8 Å². The molecule has 2 aliphatic heterocycles. The van der Waals surface area contributed by atoms with Gasteiger partial charge >= 0.3 is 29.6 Å². The molecule has 0 aromatic carbocycles. The third-order valence-corrected chi connectivity index (χ3v) is 3.27. The fourth-order valence-electron chi connectivity index (χ4n) is 1.33. The molecule has 0 radical (unpaired) electrons. The number of hydrogen-bond acceptors (Lipinski definition) is 4. The molecule has 0 spiro atoms. The van der Waals surface area contributed by atoms with Gasteiger partial charge in [-0.15, -0.1) is 11.8 Å². The summed E-state index contributed by atoms with van der Waals surface area (Å²) in [6.07, 6.45) is 2.28. The number of β-lactam (4-membered cyclic amide) rings is 1. The van der Waals surface area contributed by atoms with Crippen LogP contribution in [0, 0.1) is 0 Å². The van der Waals surface area contributed by atoms with E-state index in [1.54, 1.807) is 17.8 Å². The van der Waals surface area contributed by atoms with Gasteiger partial charge in [0, 0.05) is 11.4 Å². The van der Waals surface area contributed by atoms with Crippen molar-refractivity contribution in [1.29, 1.82) is 0 Å². The van der Waals surface area contributed by atoms with Crippen LogP contribution in [0.2, 0.25) is 0 Å². The van der Waals surface area contributed by atoms with E-state index in [9.17, 15) is 9.90 Å². The number of carbonyl (C=O) groups is 1. The van der Waals surface area contributed by atoms with Crippen molar-refractivity contribution < 1.29 is 39.5 Å². The van der Waals surface area contributed by atoms with Gasteiger partial charge in [0.2, 0.25) is 5.91 Å². The summed E-state index contributed by atoms with van der Waals surface area (Å²) in [5.74, 6) is 0.795. The van der Waals surface area contributed by atoms with Crippen molar-refractivity contribution in [3.05, 3.63) is 11.8 Å². The standard InChI is InChI=1S/C7H7NO2S2.Na/c9-5-3-6-8(5)4(7(10)11)1-2-12-6;/h1,6H,2-3H2,(H,10,11);/q;+1/p-1/t6-;/m1./s1. The van der Waals surface area contributed by atoms with Crippen LogP contribution in [0.25, 0.3) is 0 Å². The second-order valence-electron chi connectivity index (χ2n) is 2.63. The normalized spacial score (nSPS) is 25.2. The maximum Gasteiger partial charge on any atom is 1.00 e. The first kappa shape index (κ1) is 11.5. The minimum absolute atomic E-state index is 0. The Labute approximate surface area is 108 Å². The zero-order chi connectivity index (χ0) is 8.72. The first-order chi connectivity index (χ1) is 5.70. The Kier molecular flexibility index (Phi) is 3.82. The molecular formula is C7H6NNaO2S2. The van der Waals surface area contributed by atoms with Gasteiger partial charge in [0.1, 0.15) is 0 Å². The Hall–Kier alpha value is 0.450. The molecule has 2 aliphatic rings. The Morgan fingerprint density at radius 3 is 2.92 bits per heavy atom. The van der Waals surface area contributed by atoms with Crippen molar-refractivity contribution in [3.8, 4) is 0 Å². The summed E-state index contributed by atoms with van der Waals surface area (Å²) in [6.45, 7) is 0. The number of amides is 1. The fourth-order valence-corrected chi connectivity index (χ4v) is 2.63. The number of hydrogen-bond donors (Lipinski definition) is 0. The van der Waals surface area contributed by atoms with Crippen LogP contribution < -0.4 is 34.7 Å². The van der Waals surface area contributed by atoms with E-state index < -0.39 is 5.05 Å². The largest absolute Gasteiger partial charge is 1.00 e. The molecule has 0 bridgehead atoms. The number of nitrogens with zero attached hydrogens (tertiary/aromatic N) is 1. The molecule has 2 heterocycles. The molecule has 1 fully saturated rings. The van der Waals surface area contributed by atoms with E-state index in [0.29, 0.717) is 12.1 Å². The predicted molar refractivity (Wildman–Crippen MR) is 48.4 cm³/mol. The summed E-state index contributed by atoms with van der Waals surface area (Å²) in [4.78, 5) is 12.6. The van der Waals surface area contributed by atoms with Crippen molar-refractivity contribution in [2.75, 3.05) is 5.75 Å². The summed E-state index contributed by atoms with van der Waals surface area (Å²) in [5.41, 5.74) is 0.407. The van der Waals surface area contributed by atoms with Crippen molar-refractivity contribution in [3.63, 3.8) is 0 Å². The van der Waals surface area contributed by atoms with Crippen molar-refractivity contribution in [2.24, 2.45) is 0 Å². The van der Waals surface area contributed by atoms with Crippen LogP contribution in [-0.4, -0.2) is 27.0 Å². The van der Waals surface area contributed by atoms with Gasteiger partial charge in [-0.05, 0) is 5.05 Å². The van der Waals surface area contributed by atoms with Crippen molar-refractivity contribution >= 4 is 34.9 Å². The Morgan fingerprint density at radius 2 is 2.46 bits per heavy atom. The number of thioether (sulfide) groups is 1. The molecule has 1 saturated heterocycles. The Morgan fingerprint density at radius 1 is 1.77 bits per heavy atom. The van der Waals surface area contributed by atoms with E-state index >= 15 is 0 Å². The topological polar surface area (TPSA) is 43.4 Å². The van der Waals surface area contributed by atoms with Crippen LogP contribution in [0.3, 0.4) is 0 Å². The quantitative estimate of drug-likeness (QED) is 0.268. The van der Waals surface area contributed by atoms with Gasteiger partial charge in [-0.1, -0.05) is 18.3 Å². The summed E-state index contributed by atoms with van der Waals surface area (Å²) in [7, 11) is 0. The number of carbonyl (C=O) groups excluding carboxylic acids is 1. The zero-order valence-electron chi connectivity index (χ0n) is 7.15. The van der Waals surface area contributed by atoms with E-state index in [-0.39, 0.29) is 40.8 Å². The van der Waals surface area contributed by atoms with Gasteiger partial charge in [0.15, 0.2) is 0 Å². The molecule has 0 aromatic heterocycles. The molecule has 0 aromatic rings. The molecule has 13 heavy (non-hydrogen) atoms. The van der Waals surface area contributed by atoms with Gasteiger partial charge in [-0.25, -0.2) is 0 Å². The van der Waals surface area contributed by atoms with Gasteiger partial charge in [0.25, 0.3) is 0 Å². The first-order valence-corrected chi connectivity index (χ1v) is 5.01. The molecule has 1 amide bonds. The van der Waals surface area contributed by atoms with Gasteiger partial charge in [-0.3, -0.25) is 9.69 Å². The minimum atomic E-state index is -0.423. The minimum Gasteiger partial charge on any atom is -0.863 e. The summed E-state index contributed by atoms with van der Waals surface area (Å²) < 4.78 is 0. The molecule has 64 valence electrons. The second kappa shape index (κ2) is 4.31. The number of rotatable bonds is 1. The zero-order valence-corrected chi connectivity index (χ0v) is 10.8. The molecule has 2 rings (SSSR count). The van der Waals surface area contributed by atoms with Crippen LogP contribution >= 0.6 is 24.0 Å². The fraction of sp³-hybridized carbons (Fsp3) is 0.429. The van der Waals surface area contributed by atoms with E-state index in [1.807, 2.05) is 0 Å². The maximum atomic E-state index is 11.1. The molecule has 6 heteroatoms.